The third kappa shape index (κ3) is 3.33. The number of hydrogen-bond donors (Lipinski definition) is 0. The van der Waals surface area contributed by atoms with Crippen molar-refractivity contribution in [2.75, 3.05) is 11.4 Å². The van der Waals surface area contributed by atoms with Gasteiger partial charge < -0.3 is 9.31 Å². The Morgan fingerprint density at radius 2 is 1.76 bits per heavy atom. The molecular formula is C19H22BN3O4S2. The molecule has 0 spiro atoms. The highest BCUT2D eigenvalue weighted by molar-refractivity contribution is 7.93. The minimum Gasteiger partial charge on any atom is -0.399 e. The molecule has 1 aliphatic heterocycles. The van der Waals surface area contributed by atoms with Gasteiger partial charge in [-0.05, 0) is 56.1 Å². The first-order valence-corrected chi connectivity index (χ1v) is 11.4. The van der Waals surface area contributed by atoms with Crippen molar-refractivity contribution in [3.63, 3.8) is 0 Å². The number of benzene rings is 2. The van der Waals surface area contributed by atoms with Gasteiger partial charge in [-0.15, -0.1) is 0 Å². The van der Waals surface area contributed by atoms with Gasteiger partial charge in [-0.2, -0.15) is 4.37 Å². The van der Waals surface area contributed by atoms with Crippen LogP contribution in [0.2, 0.25) is 0 Å². The molecule has 0 amide bonds. The Morgan fingerprint density at radius 1 is 1.07 bits per heavy atom. The minimum atomic E-state index is -3.74. The summed E-state index contributed by atoms with van der Waals surface area (Å²) in [7, 11) is -2.79. The molecule has 0 radical (unpaired) electrons. The first kappa shape index (κ1) is 20.3. The van der Waals surface area contributed by atoms with Gasteiger partial charge in [-0.25, -0.2) is 17.7 Å². The average molecular weight is 431 g/mol. The number of fused-ring (bicyclic) bond motifs is 1. The molecule has 0 saturated carbocycles. The van der Waals surface area contributed by atoms with Gasteiger partial charge in [0.1, 0.15) is 6.33 Å². The fourth-order valence-corrected chi connectivity index (χ4v) is 5.07. The van der Waals surface area contributed by atoms with Gasteiger partial charge >= 0.3 is 7.12 Å². The molecule has 0 bridgehead atoms. The molecule has 0 N–H and O–H groups in total. The second-order valence-electron chi connectivity index (χ2n) is 8.01. The summed E-state index contributed by atoms with van der Waals surface area (Å²) in [6.07, 6.45) is 1.34. The Morgan fingerprint density at radius 3 is 2.38 bits per heavy atom. The third-order valence-electron chi connectivity index (χ3n) is 5.67. The van der Waals surface area contributed by atoms with Crippen LogP contribution < -0.4 is 9.77 Å². The Balaban J connectivity index is 1.74. The van der Waals surface area contributed by atoms with E-state index in [1.165, 1.54) is 13.4 Å². The zero-order valence-corrected chi connectivity index (χ0v) is 18.5. The summed E-state index contributed by atoms with van der Waals surface area (Å²) in [6.45, 7) is 8.02. The Hall–Kier alpha value is -2.01. The van der Waals surface area contributed by atoms with Gasteiger partial charge in [-0.3, -0.25) is 0 Å². The van der Waals surface area contributed by atoms with E-state index < -0.39 is 28.3 Å². The summed E-state index contributed by atoms with van der Waals surface area (Å²) in [5, 5.41) is 2.00. The fraction of sp³-hybridized carbons (Fsp3) is 0.368. The minimum absolute atomic E-state index is 0.189. The lowest BCUT2D eigenvalue weighted by Gasteiger charge is -2.32. The molecule has 29 heavy (non-hydrogen) atoms. The molecule has 10 heteroatoms. The monoisotopic (exact) mass is 431 g/mol. The Labute approximate surface area is 175 Å². The van der Waals surface area contributed by atoms with Crippen molar-refractivity contribution in [2.24, 2.45) is 0 Å². The van der Waals surface area contributed by atoms with E-state index in [0.717, 1.165) is 32.1 Å². The van der Waals surface area contributed by atoms with Crippen molar-refractivity contribution in [2.45, 2.75) is 43.8 Å². The van der Waals surface area contributed by atoms with Crippen molar-refractivity contribution in [1.29, 1.82) is 0 Å². The topological polar surface area (TPSA) is 81.6 Å². The maximum absolute atomic E-state index is 13.0. The van der Waals surface area contributed by atoms with E-state index in [-0.39, 0.29) is 4.90 Å². The molecule has 0 aliphatic carbocycles. The summed E-state index contributed by atoms with van der Waals surface area (Å²) in [5.74, 6) is 0. The van der Waals surface area contributed by atoms with Gasteiger partial charge in [0.25, 0.3) is 10.0 Å². The number of nitrogens with zero attached hydrogens (tertiary/aromatic N) is 3. The molecule has 1 aromatic heterocycles. The number of aromatic nitrogens is 2. The summed E-state index contributed by atoms with van der Waals surface area (Å²) in [4.78, 5) is 4.17. The van der Waals surface area contributed by atoms with E-state index in [9.17, 15) is 8.42 Å². The lowest BCUT2D eigenvalue weighted by Crippen LogP contribution is -2.41. The Bertz CT molecular complexity index is 1150. The average Bonchev–Trinajstić information content (AvgIpc) is 3.26. The quantitative estimate of drug-likeness (QED) is 0.591. The zero-order valence-electron chi connectivity index (χ0n) is 16.9. The molecule has 2 heterocycles. The van der Waals surface area contributed by atoms with Gasteiger partial charge in [-0.1, -0.05) is 24.3 Å². The van der Waals surface area contributed by atoms with Crippen LogP contribution in [0.15, 0.2) is 47.6 Å². The van der Waals surface area contributed by atoms with E-state index in [0.29, 0.717) is 5.13 Å². The maximum Gasteiger partial charge on any atom is 0.495 e. The molecule has 2 aromatic carbocycles. The van der Waals surface area contributed by atoms with Gasteiger partial charge in [0.05, 0.1) is 16.1 Å². The summed E-state index contributed by atoms with van der Waals surface area (Å²) in [5.41, 5.74) is -0.0243. The first-order valence-electron chi connectivity index (χ1n) is 9.17. The number of hydrogen-bond acceptors (Lipinski definition) is 7. The molecule has 4 rings (SSSR count). The van der Waals surface area contributed by atoms with E-state index in [1.807, 2.05) is 45.9 Å². The number of anilines is 1. The van der Waals surface area contributed by atoms with Crippen molar-refractivity contribution in [3.8, 4) is 0 Å². The fourth-order valence-electron chi connectivity index (χ4n) is 3.19. The summed E-state index contributed by atoms with van der Waals surface area (Å²) < 4.78 is 43.4. The lowest BCUT2D eigenvalue weighted by molar-refractivity contribution is 0.00578. The SMILES string of the molecule is CN(c1ncns1)S(=O)(=O)c1ccc2c(B3OC(C)(C)C(C)(C)O3)cccc2c1. The largest absolute Gasteiger partial charge is 0.495 e. The van der Waals surface area contributed by atoms with Crippen LogP contribution >= 0.6 is 11.5 Å². The molecule has 3 aromatic rings. The highest BCUT2D eigenvalue weighted by Crippen LogP contribution is 2.37. The van der Waals surface area contributed by atoms with Crippen LogP contribution in [0.25, 0.3) is 10.8 Å². The maximum atomic E-state index is 13.0. The van der Waals surface area contributed by atoms with Crippen LogP contribution in [-0.2, 0) is 19.3 Å². The number of sulfonamides is 1. The molecule has 7 nitrogen and oxygen atoms in total. The van der Waals surface area contributed by atoms with Crippen molar-refractivity contribution in [1.82, 2.24) is 9.36 Å². The first-order chi connectivity index (χ1) is 13.5. The van der Waals surface area contributed by atoms with Gasteiger partial charge in [0.15, 0.2) is 0 Å². The molecule has 0 atom stereocenters. The molecule has 0 unspecified atom stereocenters. The van der Waals surface area contributed by atoms with E-state index in [4.69, 9.17) is 9.31 Å². The highest BCUT2D eigenvalue weighted by Gasteiger charge is 2.52. The molecule has 1 saturated heterocycles. The summed E-state index contributed by atoms with van der Waals surface area (Å²) in [6, 6.07) is 10.8. The van der Waals surface area contributed by atoms with Crippen LogP contribution in [0.1, 0.15) is 27.7 Å². The second-order valence-corrected chi connectivity index (χ2v) is 10.7. The van der Waals surface area contributed by atoms with Crippen LogP contribution in [0, 0.1) is 0 Å². The highest BCUT2D eigenvalue weighted by atomic mass is 32.2. The van der Waals surface area contributed by atoms with Crippen LogP contribution in [0.4, 0.5) is 5.13 Å². The second kappa shape index (κ2) is 6.77. The van der Waals surface area contributed by atoms with Crippen LogP contribution in [0.3, 0.4) is 0 Å². The smallest absolute Gasteiger partial charge is 0.399 e. The zero-order chi connectivity index (χ0) is 21.0. The van der Waals surface area contributed by atoms with Crippen molar-refractivity contribution < 1.29 is 17.7 Å². The van der Waals surface area contributed by atoms with E-state index >= 15 is 0 Å². The predicted molar refractivity (Wildman–Crippen MR) is 115 cm³/mol. The van der Waals surface area contributed by atoms with E-state index in [1.54, 1.807) is 18.2 Å². The third-order valence-corrected chi connectivity index (χ3v) is 8.27. The predicted octanol–water partition coefficient (Wildman–Crippen LogP) is 2.82. The standard InChI is InChI=1S/C19H22BN3O4S2/c1-18(2)19(3,4)27-20(26-18)16-8-6-7-13-11-14(9-10-15(13)16)29(24,25)23(5)17-21-12-22-28-17/h6-12H,1-5H3. The molecular weight excluding hydrogens is 409 g/mol. The number of rotatable bonds is 4. The van der Waals surface area contributed by atoms with Gasteiger partial charge in [0, 0.05) is 18.6 Å². The normalized spacial score (nSPS) is 18.3. The van der Waals surface area contributed by atoms with Crippen LogP contribution in [0.5, 0.6) is 0 Å². The lowest BCUT2D eigenvalue weighted by atomic mass is 9.76. The Kier molecular flexibility index (Phi) is 4.73. The van der Waals surface area contributed by atoms with Gasteiger partial charge in [0.2, 0.25) is 5.13 Å². The van der Waals surface area contributed by atoms with Crippen molar-refractivity contribution >= 4 is 50.0 Å². The summed E-state index contributed by atoms with van der Waals surface area (Å²) >= 11 is 1.03. The van der Waals surface area contributed by atoms with Crippen LogP contribution in [-0.4, -0.2) is 43.1 Å². The van der Waals surface area contributed by atoms with Crippen molar-refractivity contribution in [3.05, 3.63) is 42.7 Å². The molecule has 1 fully saturated rings. The molecule has 1 aliphatic rings. The molecule has 152 valence electrons. The van der Waals surface area contributed by atoms with E-state index in [2.05, 4.69) is 9.36 Å².